The van der Waals surface area contributed by atoms with Crippen molar-refractivity contribution in [3.05, 3.63) is 65.5 Å². The van der Waals surface area contributed by atoms with Gasteiger partial charge in [-0.05, 0) is 35.4 Å². The zero-order valence-corrected chi connectivity index (χ0v) is 11.5. The van der Waals surface area contributed by atoms with Gasteiger partial charge in [0.05, 0.1) is 19.7 Å². The third-order valence-electron chi connectivity index (χ3n) is 2.80. The number of rotatable bonds is 5. The summed E-state index contributed by atoms with van der Waals surface area (Å²) >= 11 is 0. The molecule has 4 nitrogen and oxygen atoms in total. The van der Waals surface area contributed by atoms with Crippen molar-refractivity contribution in [1.82, 2.24) is 5.43 Å². The number of hydrogen-bond acceptors (Lipinski definition) is 3. The van der Waals surface area contributed by atoms with Gasteiger partial charge in [-0.25, -0.2) is 9.82 Å². The molecule has 0 radical (unpaired) electrons. The fourth-order valence-electron chi connectivity index (χ4n) is 1.70. The molecule has 0 saturated heterocycles. The third-order valence-corrected chi connectivity index (χ3v) is 2.80. The van der Waals surface area contributed by atoms with Crippen LogP contribution in [0.4, 0.5) is 4.39 Å². The van der Waals surface area contributed by atoms with Gasteiger partial charge in [0, 0.05) is 0 Å². The van der Waals surface area contributed by atoms with E-state index in [4.69, 9.17) is 4.74 Å². The number of carbonyl (C=O) groups is 1. The standard InChI is InChI=1S/C16H15FN2O2/c1-21-15-8-4-12(5-9-15)10-16(20)19-18-11-13-2-6-14(17)7-3-13/h2-9,11H,10H2,1H3,(H,19,20)/b18-11+. The molecule has 5 heteroatoms. The maximum atomic E-state index is 12.7. The smallest absolute Gasteiger partial charge is 0.244 e. The normalized spacial score (nSPS) is 10.6. The molecule has 2 aromatic rings. The molecule has 0 fully saturated rings. The van der Waals surface area contributed by atoms with Crippen LogP contribution in [0.1, 0.15) is 11.1 Å². The van der Waals surface area contributed by atoms with Crippen LogP contribution < -0.4 is 10.2 Å². The molecule has 2 rings (SSSR count). The molecule has 0 aliphatic heterocycles. The minimum Gasteiger partial charge on any atom is -0.497 e. The molecule has 0 spiro atoms. The topological polar surface area (TPSA) is 50.7 Å². The molecule has 0 saturated carbocycles. The quantitative estimate of drug-likeness (QED) is 0.678. The molecule has 0 aliphatic carbocycles. The first kappa shape index (κ1) is 14.7. The molecule has 0 aromatic heterocycles. The summed E-state index contributed by atoms with van der Waals surface area (Å²) in [5, 5.41) is 3.83. The summed E-state index contributed by atoms with van der Waals surface area (Å²) in [6.45, 7) is 0. The number of halogens is 1. The van der Waals surface area contributed by atoms with Crippen molar-refractivity contribution in [3.8, 4) is 5.75 Å². The van der Waals surface area contributed by atoms with Crippen molar-refractivity contribution in [2.75, 3.05) is 7.11 Å². The van der Waals surface area contributed by atoms with Crippen LogP contribution in [0.2, 0.25) is 0 Å². The van der Waals surface area contributed by atoms with Crippen LogP contribution >= 0.6 is 0 Å². The first-order chi connectivity index (χ1) is 10.2. The molecule has 1 amide bonds. The Balaban J connectivity index is 1.85. The van der Waals surface area contributed by atoms with Crippen molar-refractivity contribution < 1.29 is 13.9 Å². The lowest BCUT2D eigenvalue weighted by molar-refractivity contribution is -0.120. The van der Waals surface area contributed by atoms with E-state index in [1.165, 1.54) is 18.3 Å². The highest BCUT2D eigenvalue weighted by Crippen LogP contribution is 2.11. The zero-order chi connectivity index (χ0) is 15.1. The van der Waals surface area contributed by atoms with Gasteiger partial charge in [-0.1, -0.05) is 24.3 Å². The zero-order valence-electron chi connectivity index (χ0n) is 11.5. The molecule has 1 N–H and O–H groups in total. The summed E-state index contributed by atoms with van der Waals surface area (Å²) in [5.74, 6) is 0.211. The molecular formula is C16H15FN2O2. The number of hydrazone groups is 1. The van der Waals surface area contributed by atoms with Crippen LogP contribution in [-0.2, 0) is 11.2 Å². The second-order valence-electron chi connectivity index (χ2n) is 4.37. The van der Waals surface area contributed by atoms with E-state index in [0.717, 1.165) is 11.3 Å². The van der Waals surface area contributed by atoms with E-state index in [9.17, 15) is 9.18 Å². The minimum atomic E-state index is -0.310. The summed E-state index contributed by atoms with van der Waals surface area (Å²) in [6.07, 6.45) is 1.69. The van der Waals surface area contributed by atoms with Gasteiger partial charge in [0.25, 0.3) is 0 Å². The summed E-state index contributed by atoms with van der Waals surface area (Å²) in [5.41, 5.74) is 4.00. The average Bonchev–Trinajstić information content (AvgIpc) is 2.50. The van der Waals surface area contributed by atoms with E-state index in [2.05, 4.69) is 10.5 Å². The molecule has 2 aromatic carbocycles. The van der Waals surface area contributed by atoms with Gasteiger partial charge < -0.3 is 4.74 Å². The van der Waals surface area contributed by atoms with E-state index in [1.807, 2.05) is 12.1 Å². The predicted molar refractivity (Wildman–Crippen MR) is 78.8 cm³/mol. The van der Waals surface area contributed by atoms with E-state index in [-0.39, 0.29) is 18.1 Å². The summed E-state index contributed by atoms with van der Waals surface area (Å²) in [7, 11) is 1.59. The lowest BCUT2D eigenvalue weighted by atomic mass is 10.1. The molecule has 0 atom stereocenters. The van der Waals surface area contributed by atoms with Crippen LogP contribution in [0.3, 0.4) is 0 Å². The Kier molecular flexibility index (Phi) is 5.04. The van der Waals surface area contributed by atoms with E-state index >= 15 is 0 Å². The highest BCUT2D eigenvalue weighted by atomic mass is 19.1. The van der Waals surface area contributed by atoms with Crippen LogP contribution in [0.15, 0.2) is 53.6 Å². The van der Waals surface area contributed by atoms with Gasteiger partial charge in [-0.15, -0.1) is 0 Å². The van der Waals surface area contributed by atoms with Crippen molar-refractivity contribution in [3.63, 3.8) is 0 Å². The summed E-state index contributed by atoms with van der Waals surface area (Å²) < 4.78 is 17.8. The van der Waals surface area contributed by atoms with Gasteiger partial charge in [0.1, 0.15) is 11.6 Å². The monoisotopic (exact) mass is 286 g/mol. The predicted octanol–water partition coefficient (Wildman–Crippen LogP) is 2.53. The second-order valence-corrected chi connectivity index (χ2v) is 4.37. The average molecular weight is 286 g/mol. The van der Waals surface area contributed by atoms with Crippen molar-refractivity contribution >= 4 is 12.1 Å². The molecule has 21 heavy (non-hydrogen) atoms. The molecule has 0 unspecified atom stereocenters. The maximum absolute atomic E-state index is 12.7. The highest BCUT2D eigenvalue weighted by Gasteiger charge is 2.02. The first-order valence-corrected chi connectivity index (χ1v) is 6.38. The molecule has 108 valence electrons. The number of nitrogens with zero attached hydrogens (tertiary/aromatic N) is 1. The number of nitrogens with one attached hydrogen (secondary N) is 1. The van der Waals surface area contributed by atoms with E-state index in [0.29, 0.717) is 5.56 Å². The van der Waals surface area contributed by atoms with Crippen molar-refractivity contribution in [1.29, 1.82) is 0 Å². The lowest BCUT2D eigenvalue weighted by Gasteiger charge is -2.02. The number of methoxy groups -OCH3 is 1. The maximum Gasteiger partial charge on any atom is 0.244 e. The molecule has 0 bridgehead atoms. The van der Waals surface area contributed by atoms with Gasteiger partial charge in [-0.3, -0.25) is 4.79 Å². The van der Waals surface area contributed by atoms with Crippen LogP contribution in [-0.4, -0.2) is 19.2 Å². The Hall–Kier alpha value is -2.69. The molecule has 0 heterocycles. The SMILES string of the molecule is COc1ccc(CC(=O)N/N=C/c2ccc(F)cc2)cc1. The Bertz CT molecular complexity index is 622. The van der Waals surface area contributed by atoms with Crippen LogP contribution in [0, 0.1) is 5.82 Å². The fraction of sp³-hybridized carbons (Fsp3) is 0.125. The first-order valence-electron chi connectivity index (χ1n) is 6.38. The fourth-order valence-corrected chi connectivity index (χ4v) is 1.70. The van der Waals surface area contributed by atoms with E-state index in [1.54, 1.807) is 31.4 Å². The van der Waals surface area contributed by atoms with Crippen molar-refractivity contribution in [2.45, 2.75) is 6.42 Å². The highest BCUT2D eigenvalue weighted by molar-refractivity contribution is 5.83. The largest absolute Gasteiger partial charge is 0.497 e. The number of hydrogen-bond donors (Lipinski definition) is 1. The Labute approximate surface area is 122 Å². The minimum absolute atomic E-state index is 0.224. The van der Waals surface area contributed by atoms with Gasteiger partial charge in [0.2, 0.25) is 5.91 Å². The second kappa shape index (κ2) is 7.19. The van der Waals surface area contributed by atoms with Gasteiger partial charge in [-0.2, -0.15) is 5.10 Å². The summed E-state index contributed by atoms with van der Waals surface area (Å²) in [4.78, 5) is 11.7. The molecule has 0 aliphatic rings. The Morgan fingerprint density at radius 1 is 1.19 bits per heavy atom. The van der Waals surface area contributed by atoms with Crippen LogP contribution in [0.5, 0.6) is 5.75 Å². The number of carbonyl (C=O) groups excluding carboxylic acids is 1. The van der Waals surface area contributed by atoms with E-state index < -0.39 is 0 Å². The third kappa shape index (κ3) is 4.72. The number of ether oxygens (including phenoxy) is 1. The van der Waals surface area contributed by atoms with Gasteiger partial charge in [0.15, 0.2) is 0 Å². The Morgan fingerprint density at radius 3 is 2.48 bits per heavy atom. The number of benzene rings is 2. The summed E-state index contributed by atoms with van der Waals surface area (Å²) in [6, 6.07) is 13.1. The van der Waals surface area contributed by atoms with Crippen LogP contribution in [0.25, 0.3) is 0 Å². The van der Waals surface area contributed by atoms with Gasteiger partial charge >= 0.3 is 0 Å². The lowest BCUT2D eigenvalue weighted by Crippen LogP contribution is -2.19. The number of amides is 1. The molecular weight excluding hydrogens is 271 g/mol. The Morgan fingerprint density at radius 2 is 1.86 bits per heavy atom. The van der Waals surface area contributed by atoms with Crippen molar-refractivity contribution in [2.24, 2.45) is 5.10 Å².